The second-order valence-corrected chi connectivity index (χ2v) is 3.82. The Bertz CT molecular complexity index is 576. The van der Waals surface area contributed by atoms with Gasteiger partial charge in [0.05, 0.1) is 12.2 Å². The Kier molecular flexibility index (Phi) is 3.30. The minimum Gasteiger partial charge on any atom is -0.504 e. The van der Waals surface area contributed by atoms with Crippen molar-refractivity contribution in [3.8, 4) is 11.5 Å². The molecule has 92 valence electrons. The largest absolute Gasteiger partial charge is 0.504 e. The van der Waals surface area contributed by atoms with Crippen LogP contribution in [0, 0.1) is 0 Å². The van der Waals surface area contributed by atoms with E-state index in [1.54, 1.807) is 30.3 Å². The van der Waals surface area contributed by atoms with E-state index in [0.29, 0.717) is 5.56 Å². The molecule has 0 aromatic heterocycles. The minimum absolute atomic E-state index is 0.0101. The molecule has 0 amide bonds. The maximum absolute atomic E-state index is 12.1. The van der Waals surface area contributed by atoms with Crippen LogP contribution in [0.5, 0.6) is 11.5 Å². The van der Waals surface area contributed by atoms with Crippen LogP contribution in [0.25, 0.3) is 0 Å². The number of ketones is 1. The Morgan fingerprint density at radius 3 is 2.22 bits per heavy atom. The van der Waals surface area contributed by atoms with Gasteiger partial charge in [-0.2, -0.15) is 0 Å². The molecule has 2 rings (SSSR count). The Morgan fingerprint density at radius 2 is 1.61 bits per heavy atom. The smallest absolute Gasteiger partial charge is 0.196 e. The lowest BCUT2D eigenvalue weighted by atomic mass is 10.0. The first kappa shape index (κ1) is 12.1. The topological polar surface area (TPSA) is 77.8 Å². The monoisotopic (exact) mass is 244 g/mol. The first-order chi connectivity index (χ1) is 8.65. The summed E-state index contributed by atoms with van der Waals surface area (Å²) >= 11 is 0. The molecule has 0 unspecified atom stereocenters. The molecule has 0 bridgehead atoms. The molecule has 3 N–H and O–H groups in total. The first-order valence-electron chi connectivity index (χ1n) is 5.39. The molecule has 0 saturated heterocycles. The number of aliphatic hydroxyl groups is 1. The van der Waals surface area contributed by atoms with Gasteiger partial charge in [0.25, 0.3) is 0 Å². The third-order valence-corrected chi connectivity index (χ3v) is 2.69. The van der Waals surface area contributed by atoms with Crippen LogP contribution in [-0.2, 0) is 6.61 Å². The predicted molar refractivity (Wildman–Crippen MR) is 65.6 cm³/mol. The molecule has 0 radical (unpaired) electrons. The summed E-state index contributed by atoms with van der Waals surface area (Å²) in [7, 11) is 0. The fraction of sp³-hybridized carbons (Fsp3) is 0.0714. The number of benzene rings is 2. The fourth-order valence-electron chi connectivity index (χ4n) is 1.68. The molecule has 0 atom stereocenters. The quantitative estimate of drug-likeness (QED) is 0.568. The van der Waals surface area contributed by atoms with Crippen molar-refractivity contribution in [2.45, 2.75) is 6.61 Å². The Balaban J connectivity index is 2.47. The standard InChI is InChI=1S/C14H12O4/c15-8-10-6-7-11(14(18)13(10)17)12(16)9-4-2-1-3-5-9/h1-7,15,17-18H,8H2. The molecule has 4 heteroatoms. The van der Waals surface area contributed by atoms with Crippen LogP contribution in [0.3, 0.4) is 0 Å². The van der Waals surface area contributed by atoms with Gasteiger partial charge in [0.1, 0.15) is 0 Å². The van der Waals surface area contributed by atoms with Gasteiger partial charge in [0.2, 0.25) is 0 Å². The van der Waals surface area contributed by atoms with Gasteiger partial charge in [-0.15, -0.1) is 0 Å². The SMILES string of the molecule is O=C(c1ccccc1)c1ccc(CO)c(O)c1O. The zero-order valence-corrected chi connectivity index (χ0v) is 9.50. The number of phenols is 2. The van der Waals surface area contributed by atoms with Crippen molar-refractivity contribution < 1.29 is 20.1 Å². The predicted octanol–water partition coefficient (Wildman–Crippen LogP) is 1.82. The second-order valence-electron chi connectivity index (χ2n) is 3.82. The van der Waals surface area contributed by atoms with Gasteiger partial charge in [0.15, 0.2) is 17.3 Å². The maximum atomic E-state index is 12.1. The second kappa shape index (κ2) is 4.89. The molecule has 4 nitrogen and oxygen atoms in total. The first-order valence-corrected chi connectivity index (χ1v) is 5.39. The van der Waals surface area contributed by atoms with Crippen molar-refractivity contribution >= 4 is 5.78 Å². The van der Waals surface area contributed by atoms with Gasteiger partial charge in [-0.25, -0.2) is 0 Å². The van der Waals surface area contributed by atoms with Crippen LogP contribution in [0.15, 0.2) is 42.5 Å². The third-order valence-electron chi connectivity index (χ3n) is 2.69. The molecule has 0 heterocycles. The molecule has 0 aliphatic heterocycles. The summed E-state index contributed by atoms with van der Waals surface area (Å²) in [5.74, 6) is -1.34. The highest BCUT2D eigenvalue weighted by Crippen LogP contribution is 2.33. The average molecular weight is 244 g/mol. The molecule has 0 fully saturated rings. The minimum atomic E-state index is -0.504. The number of hydrogen-bond acceptors (Lipinski definition) is 4. The zero-order valence-electron chi connectivity index (χ0n) is 9.50. The van der Waals surface area contributed by atoms with Crippen molar-refractivity contribution in [1.82, 2.24) is 0 Å². The Labute approximate surface area is 104 Å². The summed E-state index contributed by atoms with van der Waals surface area (Å²) in [6.07, 6.45) is 0. The highest BCUT2D eigenvalue weighted by Gasteiger charge is 2.17. The number of phenolic OH excluding ortho intramolecular Hbond substituents is 1. The third kappa shape index (κ3) is 2.06. The van der Waals surface area contributed by atoms with Gasteiger partial charge >= 0.3 is 0 Å². The van der Waals surface area contributed by atoms with Gasteiger partial charge < -0.3 is 15.3 Å². The van der Waals surface area contributed by atoms with Crippen LogP contribution in [0.4, 0.5) is 0 Å². The van der Waals surface area contributed by atoms with Crippen molar-refractivity contribution in [1.29, 1.82) is 0 Å². The molecular weight excluding hydrogens is 232 g/mol. The van der Waals surface area contributed by atoms with E-state index in [2.05, 4.69) is 0 Å². The number of carbonyl (C=O) groups is 1. The highest BCUT2D eigenvalue weighted by atomic mass is 16.3. The van der Waals surface area contributed by atoms with Crippen LogP contribution >= 0.6 is 0 Å². The summed E-state index contributed by atoms with van der Waals surface area (Å²) < 4.78 is 0. The number of aliphatic hydroxyl groups excluding tert-OH is 1. The van der Waals surface area contributed by atoms with Gasteiger partial charge in [0, 0.05) is 11.1 Å². The zero-order chi connectivity index (χ0) is 13.1. The number of aromatic hydroxyl groups is 2. The molecular formula is C14H12O4. The summed E-state index contributed by atoms with van der Waals surface area (Å²) in [4.78, 5) is 12.1. The van der Waals surface area contributed by atoms with Crippen molar-refractivity contribution in [2.24, 2.45) is 0 Å². The Morgan fingerprint density at radius 1 is 0.944 bits per heavy atom. The molecule has 0 aliphatic carbocycles. The normalized spacial score (nSPS) is 10.3. The molecule has 2 aromatic carbocycles. The summed E-state index contributed by atoms with van der Waals surface area (Å²) in [5, 5.41) is 28.3. The van der Waals surface area contributed by atoms with Crippen molar-refractivity contribution in [3.05, 3.63) is 59.2 Å². The van der Waals surface area contributed by atoms with E-state index in [0.717, 1.165) is 0 Å². The average Bonchev–Trinajstić information content (AvgIpc) is 2.42. The van der Waals surface area contributed by atoms with E-state index in [9.17, 15) is 15.0 Å². The van der Waals surface area contributed by atoms with E-state index in [4.69, 9.17) is 5.11 Å². The van der Waals surface area contributed by atoms with Crippen LogP contribution in [0.2, 0.25) is 0 Å². The van der Waals surface area contributed by atoms with Crippen molar-refractivity contribution in [3.63, 3.8) is 0 Å². The number of hydrogen-bond donors (Lipinski definition) is 3. The van der Waals surface area contributed by atoms with E-state index >= 15 is 0 Å². The van der Waals surface area contributed by atoms with Crippen LogP contribution in [-0.4, -0.2) is 21.1 Å². The number of rotatable bonds is 3. The van der Waals surface area contributed by atoms with E-state index in [1.807, 2.05) is 0 Å². The molecule has 18 heavy (non-hydrogen) atoms. The van der Waals surface area contributed by atoms with E-state index < -0.39 is 18.1 Å². The Hall–Kier alpha value is -2.33. The summed E-state index contributed by atoms with van der Waals surface area (Å²) in [6.45, 7) is -0.404. The van der Waals surface area contributed by atoms with Gasteiger partial charge in [-0.1, -0.05) is 36.4 Å². The van der Waals surface area contributed by atoms with Gasteiger partial charge in [-0.05, 0) is 6.07 Å². The van der Waals surface area contributed by atoms with Crippen molar-refractivity contribution in [2.75, 3.05) is 0 Å². The summed E-state index contributed by atoms with van der Waals surface area (Å²) in [6, 6.07) is 11.3. The van der Waals surface area contributed by atoms with Crippen LogP contribution < -0.4 is 0 Å². The lowest BCUT2D eigenvalue weighted by molar-refractivity contribution is 0.103. The molecule has 0 aliphatic rings. The van der Waals surface area contributed by atoms with Crippen LogP contribution in [0.1, 0.15) is 21.5 Å². The fourth-order valence-corrected chi connectivity index (χ4v) is 1.68. The highest BCUT2D eigenvalue weighted by molar-refractivity contribution is 6.11. The number of carbonyl (C=O) groups excluding carboxylic acids is 1. The lowest BCUT2D eigenvalue weighted by Crippen LogP contribution is -2.02. The van der Waals surface area contributed by atoms with E-state index in [1.165, 1.54) is 12.1 Å². The molecule has 0 saturated carbocycles. The van der Waals surface area contributed by atoms with Gasteiger partial charge in [-0.3, -0.25) is 4.79 Å². The maximum Gasteiger partial charge on any atom is 0.196 e. The molecule has 0 spiro atoms. The lowest BCUT2D eigenvalue weighted by Gasteiger charge is -2.08. The summed E-state index contributed by atoms with van der Waals surface area (Å²) in [5.41, 5.74) is 0.608. The van der Waals surface area contributed by atoms with E-state index in [-0.39, 0.29) is 16.9 Å². The molecule has 2 aromatic rings.